The number of aromatic nitrogens is 3. The van der Waals surface area contributed by atoms with Gasteiger partial charge in [-0.3, -0.25) is 9.89 Å². The first-order chi connectivity index (χ1) is 7.20. The van der Waals surface area contributed by atoms with Crippen molar-refractivity contribution in [3.05, 3.63) is 12.2 Å². The van der Waals surface area contributed by atoms with E-state index in [4.69, 9.17) is 0 Å². The minimum atomic E-state index is -0.156. The molecule has 1 amide bonds. The first kappa shape index (κ1) is 10.1. The zero-order chi connectivity index (χ0) is 10.7. The summed E-state index contributed by atoms with van der Waals surface area (Å²) >= 11 is 0. The van der Waals surface area contributed by atoms with Gasteiger partial charge in [0, 0.05) is 5.54 Å². The quantitative estimate of drug-likeness (QED) is 0.768. The topological polar surface area (TPSA) is 70.7 Å². The van der Waals surface area contributed by atoms with E-state index in [1.165, 1.54) is 25.6 Å². The molecule has 2 N–H and O–H groups in total. The highest BCUT2D eigenvalue weighted by atomic mass is 16.2. The zero-order valence-electron chi connectivity index (χ0n) is 8.92. The average Bonchev–Trinajstić information content (AvgIpc) is 2.70. The highest BCUT2D eigenvalue weighted by molar-refractivity contribution is 5.90. The molecular weight excluding hydrogens is 192 g/mol. The van der Waals surface area contributed by atoms with E-state index in [9.17, 15) is 4.79 Å². The molecule has 5 nitrogen and oxygen atoms in total. The molecule has 1 aliphatic rings. The predicted octanol–water partition coefficient (Wildman–Crippen LogP) is 1.26. The standard InChI is InChI=1S/C10H16N4O/c1-10(5-3-2-4-6-10)13-9(15)8-11-7-12-14-8/h7H,2-6H2,1H3,(H,13,15)(H,11,12,14). The maximum Gasteiger partial charge on any atom is 0.289 e. The molecule has 1 heterocycles. The van der Waals surface area contributed by atoms with Gasteiger partial charge in [0.25, 0.3) is 5.91 Å². The lowest BCUT2D eigenvalue weighted by molar-refractivity contribution is 0.0872. The van der Waals surface area contributed by atoms with Gasteiger partial charge in [0.15, 0.2) is 0 Å². The van der Waals surface area contributed by atoms with Crippen molar-refractivity contribution >= 4 is 5.91 Å². The lowest BCUT2D eigenvalue weighted by Crippen LogP contribution is -2.47. The molecule has 0 saturated heterocycles. The van der Waals surface area contributed by atoms with E-state index in [1.54, 1.807) is 0 Å². The first-order valence-corrected chi connectivity index (χ1v) is 5.37. The van der Waals surface area contributed by atoms with Crippen LogP contribution in [0.5, 0.6) is 0 Å². The molecular formula is C10H16N4O. The molecule has 1 aromatic rings. The molecule has 82 valence electrons. The van der Waals surface area contributed by atoms with Gasteiger partial charge in [-0.1, -0.05) is 19.3 Å². The van der Waals surface area contributed by atoms with Crippen LogP contribution in [-0.4, -0.2) is 26.6 Å². The summed E-state index contributed by atoms with van der Waals surface area (Å²) in [5.41, 5.74) is -0.0673. The van der Waals surface area contributed by atoms with Crippen molar-refractivity contribution in [1.82, 2.24) is 20.5 Å². The molecule has 5 heteroatoms. The molecule has 0 aromatic carbocycles. The number of hydrogen-bond acceptors (Lipinski definition) is 3. The molecule has 1 aromatic heterocycles. The van der Waals surface area contributed by atoms with Gasteiger partial charge in [-0.05, 0) is 19.8 Å². The van der Waals surface area contributed by atoms with Gasteiger partial charge in [-0.2, -0.15) is 5.10 Å². The maximum atomic E-state index is 11.7. The molecule has 1 saturated carbocycles. The first-order valence-electron chi connectivity index (χ1n) is 5.37. The Bertz CT molecular complexity index is 327. The minimum absolute atomic E-state index is 0.0673. The third kappa shape index (κ3) is 2.34. The average molecular weight is 208 g/mol. The highest BCUT2D eigenvalue weighted by Gasteiger charge is 2.29. The summed E-state index contributed by atoms with van der Waals surface area (Å²) in [4.78, 5) is 15.6. The second kappa shape index (κ2) is 4.00. The second-order valence-electron chi connectivity index (χ2n) is 4.41. The van der Waals surface area contributed by atoms with Crippen molar-refractivity contribution in [3.8, 4) is 0 Å². The summed E-state index contributed by atoms with van der Waals surface area (Å²) in [7, 11) is 0. The van der Waals surface area contributed by atoms with Crippen LogP contribution in [0.3, 0.4) is 0 Å². The predicted molar refractivity (Wildman–Crippen MR) is 55.3 cm³/mol. The number of nitrogens with one attached hydrogen (secondary N) is 2. The highest BCUT2D eigenvalue weighted by Crippen LogP contribution is 2.27. The fourth-order valence-corrected chi connectivity index (χ4v) is 2.11. The zero-order valence-corrected chi connectivity index (χ0v) is 8.92. The van der Waals surface area contributed by atoms with Crippen molar-refractivity contribution in [2.45, 2.75) is 44.6 Å². The van der Waals surface area contributed by atoms with E-state index >= 15 is 0 Å². The SMILES string of the molecule is CC1(NC(=O)c2ncn[nH]2)CCCCC1. The van der Waals surface area contributed by atoms with Crippen molar-refractivity contribution < 1.29 is 4.79 Å². The van der Waals surface area contributed by atoms with Crippen LogP contribution in [0.15, 0.2) is 6.33 Å². The van der Waals surface area contributed by atoms with Gasteiger partial charge in [-0.15, -0.1) is 0 Å². The number of carbonyl (C=O) groups is 1. The van der Waals surface area contributed by atoms with Crippen molar-refractivity contribution in [2.24, 2.45) is 0 Å². The molecule has 0 aliphatic heterocycles. The molecule has 1 aliphatic carbocycles. The Morgan fingerprint density at radius 3 is 2.80 bits per heavy atom. The van der Waals surface area contributed by atoms with Crippen molar-refractivity contribution in [3.63, 3.8) is 0 Å². The number of carbonyl (C=O) groups excluding carboxylic acids is 1. The summed E-state index contributed by atoms with van der Waals surface area (Å²) in [6.07, 6.45) is 7.09. The molecule has 0 atom stereocenters. The Labute approximate surface area is 88.7 Å². The lowest BCUT2D eigenvalue weighted by Gasteiger charge is -2.34. The molecule has 0 radical (unpaired) electrons. The smallest absolute Gasteiger partial charge is 0.289 e. The molecule has 0 bridgehead atoms. The van der Waals surface area contributed by atoms with Gasteiger partial charge >= 0.3 is 0 Å². The van der Waals surface area contributed by atoms with Crippen LogP contribution >= 0.6 is 0 Å². The van der Waals surface area contributed by atoms with Crippen LogP contribution in [-0.2, 0) is 0 Å². The van der Waals surface area contributed by atoms with Gasteiger partial charge in [0.2, 0.25) is 5.82 Å². The van der Waals surface area contributed by atoms with E-state index in [0.717, 1.165) is 12.8 Å². The van der Waals surface area contributed by atoms with E-state index < -0.39 is 0 Å². The second-order valence-corrected chi connectivity index (χ2v) is 4.41. The van der Waals surface area contributed by atoms with E-state index in [2.05, 4.69) is 27.4 Å². The normalized spacial score (nSPS) is 19.8. The number of rotatable bonds is 2. The van der Waals surface area contributed by atoms with Crippen LogP contribution in [0.4, 0.5) is 0 Å². The fraction of sp³-hybridized carbons (Fsp3) is 0.700. The Kier molecular flexibility index (Phi) is 2.70. The Balaban J connectivity index is 1.98. The lowest BCUT2D eigenvalue weighted by atomic mass is 9.83. The van der Waals surface area contributed by atoms with Crippen LogP contribution in [0.2, 0.25) is 0 Å². The third-order valence-corrected chi connectivity index (χ3v) is 3.00. The minimum Gasteiger partial charge on any atom is -0.344 e. The van der Waals surface area contributed by atoms with Crippen LogP contribution in [0.25, 0.3) is 0 Å². The Morgan fingerprint density at radius 1 is 1.47 bits per heavy atom. The van der Waals surface area contributed by atoms with E-state index in [-0.39, 0.29) is 11.4 Å². The monoisotopic (exact) mass is 208 g/mol. The molecule has 2 rings (SSSR count). The number of amides is 1. The van der Waals surface area contributed by atoms with Crippen LogP contribution in [0.1, 0.15) is 49.6 Å². The number of nitrogens with zero attached hydrogens (tertiary/aromatic N) is 2. The summed E-state index contributed by atoms with van der Waals surface area (Å²) in [5.74, 6) is 0.138. The summed E-state index contributed by atoms with van der Waals surface area (Å²) in [6, 6.07) is 0. The van der Waals surface area contributed by atoms with Crippen molar-refractivity contribution in [1.29, 1.82) is 0 Å². The largest absolute Gasteiger partial charge is 0.344 e. The van der Waals surface area contributed by atoms with E-state index in [1.807, 2.05) is 0 Å². The van der Waals surface area contributed by atoms with Gasteiger partial charge in [0.1, 0.15) is 6.33 Å². The molecule has 0 spiro atoms. The Morgan fingerprint density at radius 2 is 2.20 bits per heavy atom. The molecule has 1 fully saturated rings. The number of aromatic amines is 1. The van der Waals surface area contributed by atoms with Gasteiger partial charge < -0.3 is 5.32 Å². The number of H-pyrrole nitrogens is 1. The van der Waals surface area contributed by atoms with Crippen LogP contribution < -0.4 is 5.32 Å². The summed E-state index contributed by atoms with van der Waals surface area (Å²) in [6.45, 7) is 2.10. The number of hydrogen-bond donors (Lipinski definition) is 2. The summed E-state index contributed by atoms with van der Waals surface area (Å²) < 4.78 is 0. The third-order valence-electron chi connectivity index (χ3n) is 3.00. The fourth-order valence-electron chi connectivity index (χ4n) is 2.11. The molecule has 0 unspecified atom stereocenters. The Hall–Kier alpha value is -1.39. The van der Waals surface area contributed by atoms with Crippen molar-refractivity contribution in [2.75, 3.05) is 0 Å². The summed E-state index contributed by atoms with van der Waals surface area (Å²) in [5, 5.41) is 9.26. The van der Waals surface area contributed by atoms with Gasteiger partial charge in [0.05, 0.1) is 0 Å². The van der Waals surface area contributed by atoms with Gasteiger partial charge in [-0.25, -0.2) is 4.98 Å². The van der Waals surface area contributed by atoms with E-state index in [0.29, 0.717) is 5.82 Å². The van der Waals surface area contributed by atoms with Crippen LogP contribution in [0, 0.1) is 0 Å². The maximum absolute atomic E-state index is 11.7. The molecule has 15 heavy (non-hydrogen) atoms.